The summed E-state index contributed by atoms with van der Waals surface area (Å²) in [7, 11) is 0. The summed E-state index contributed by atoms with van der Waals surface area (Å²) in [6.45, 7) is 4.44. The van der Waals surface area contributed by atoms with Gasteiger partial charge in [-0.1, -0.05) is 6.92 Å². The number of likely N-dealkylation sites (N-methyl/N-ethyl adjacent to an activating group) is 1. The molecular formula is C10H18F3NO2. The number of rotatable bonds is 4. The van der Waals surface area contributed by atoms with Crippen molar-refractivity contribution in [2.45, 2.75) is 44.7 Å². The molecule has 0 aromatic rings. The lowest BCUT2D eigenvalue weighted by Gasteiger charge is -2.34. The lowest BCUT2D eigenvalue weighted by molar-refractivity contribution is -0.238. The Morgan fingerprint density at radius 3 is 2.75 bits per heavy atom. The molecule has 1 heterocycles. The second-order valence-electron chi connectivity index (χ2n) is 3.89. The average molecular weight is 241 g/mol. The van der Waals surface area contributed by atoms with Gasteiger partial charge in [-0.3, -0.25) is 0 Å². The minimum atomic E-state index is -4.31. The molecule has 1 fully saturated rings. The van der Waals surface area contributed by atoms with Crippen LogP contribution in [0.15, 0.2) is 0 Å². The maximum absolute atomic E-state index is 12.3. The summed E-state index contributed by atoms with van der Waals surface area (Å²) in [5.41, 5.74) is 0. The molecule has 3 unspecified atom stereocenters. The highest BCUT2D eigenvalue weighted by Gasteiger charge is 2.40. The fourth-order valence-electron chi connectivity index (χ4n) is 1.68. The zero-order valence-corrected chi connectivity index (χ0v) is 9.51. The molecule has 0 aromatic heterocycles. The molecule has 1 N–H and O–H groups in total. The van der Waals surface area contributed by atoms with E-state index >= 15 is 0 Å². The zero-order valence-electron chi connectivity index (χ0n) is 9.51. The van der Waals surface area contributed by atoms with Crippen molar-refractivity contribution < 1.29 is 22.6 Å². The van der Waals surface area contributed by atoms with Crippen molar-refractivity contribution in [2.75, 3.05) is 19.8 Å². The monoisotopic (exact) mass is 241 g/mol. The average Bonchev–Trinajstić information content (AvgIpc) is 2.20. The van der Waals surface area contributed by atoms with Crippen molar-refractivity contribution in [3.63, 3.8) is 0 Å². The summed E-state index contributed by atoms with van der Waals surface area (Å²) in [6.07, 6.45) is -5.90. The molecule has 6 heteroatoms. The smallest absolute Gasteiger partial charge is 0.379 e. The molecule has 0 saturated carbocycles. The van der Waals surface area contributed by atoms with Crippen molar-refractivity contribution in [3.05, 3.63) is 0 Å². The van der Waals surface area contributed by atoms with Gasteiger partial charge < -0.3 is 14.8 Å². The maximum atomic E-state index is 12.3. The molecular weight excluding hydrogens is 223 g/mol. The molecule has 0 bridgehead atoms. The van der Waals surface area contributed by atoms with E-state index in [1.54, 1.807) is 0 Å². The first-order chi connectivity index (χ1) is 7.45. The summed E-state index contributed by atoms with van der Waals surface area (Å²) >= 11 is 0. The minimum Gasteiger partial charge on any atom is -0.379 e. The van der Waals surface area contributed by atoms with Gasteiger partial charge in [-0.2, -0.15) is 13.2 Å². The van der Waals surface area contributed by atoms with Crippen LogP contribution in [0.1, 0.15) is 20.3 Å². The Labute approximate surface area is 93.3 Å². The molecule has 0 aromatic carbocycles. The molecule has 3 nitrogen and oxygen atoms in total. The Hall–Kier alpha value is -0.330. The van der Waals surface area contributed by atoms with Gasteiger partial charge in [0.2, 0.25) is 0 Å². The van der Waals surface area contributed by atoms with Crippen LogP contribution in [0.25, 0.3) is 0 Å². The first-order valence-corrected chi connectivity index (χ1v) is 5.48. The minimum absolute atomic E-state index is 0.0523. The van der Waals surface area contributed by atoms with E-state index in [0.29, 0.717) is 19.6 Å². The third-order valence-electron chi connectivity index (χ3n) is 2.61. The fourth-order valence-corrected chi connectivity index (χ4v) is 1.68. The van der Waals surface area contributed by atoms with Crippen LogP contribution in [-0.4, -0.2) is 44.2 Å². The van der Waals surface area contributed by atoms with E-state index in [9.17, 15) is 13.2 Å². The fraction of sp³-hybridized carbons (Fsp3) is 1.00. The van der Waals surface area contributed by atoms with Crippen LogP contribution >= 0.6 is 0 Å². The van der Waals surface area contributed by atoms with Crippen molar-refractivity contribution in [1.82, 2.24) is 5.32 Å². The van der Waals surface area contributed by atoms with Gasteiger partial charge in [0.15, 0.2) is 6.10 Å². The molecule has 1 aliphatic rings. The molecule has 1 aliphatic heterocycles. The Morgan fingerprint density at radius 2 is 2.19 bits per heavy atom. The zero-order chi connectivity index (χ0) is 12.2. The van der Waals surface area contributed by atoms with Gasteiger partial charge in [-0.05, 0) is 19.9 Å². The first kappa shape index (κ1) is 13.7. The second kappa shape index (κ2) is 5.84. The van der Waals surface area contributed by atoms with Crippen LogP contribution in [0.4, 0.5) is 13.2 Å². The highest BCUT2D eigenvalue weighted by atomic mass is 19.4. The topological polar surface area (TPSA) is 30.5 Å². The molecule has 0 radical (unpaired) electrons. The van der Waals surface area contributed by atoms with Crippen LogP contribution in [-0.2, 0) is 9.47 Å². The predicted octanol–water partition coefficient (Wildman–Crippen LogP) is 1.72. The van der Waals surface area contributed by atoms with E-state index in [2.05, 4.69) is 5.32 Å². The van der Waals surface area contributed by atoms with Crippen molar-refractivity contribution in [3.8, 4) is 0 Å². The van der Waals surface area contributed by atoms with Gasteiger partial charge in [-0.25, -0.2) is 0 Å². The van der Waals surface area contributed by atoms with Crippen LogP contribution in [0, 0.1) is 0 Å². The Bertz CT molecular complexity index is 209. The molecule has 0 spiro atoms. The highest BCUT2D eigenvalue weighted by Crippen LogP contribution is 2.25. The van der Waals surface area contributed by atoms with E-state index in [-0.39, 0.29) is 12.6 Å². The summed E-state index contributed by atoms with van der Waals surface area (Å²) in [4.78, 5) is 0. The third kappa shape index (κ3) is 3.92. The van der Waals surface area contributed by atoms with Crippen LogP contribution < -0.4 is 5.32 Å². The molecule has 1 rings (SSSR count). The SMILES string of the molecule is CCNC1CCOCC1OC(C)C(F)(F)F. The Kier molecular flexibility index (Phi) is 5.01. The van der Waals surface area contributed by atoms with E-state index in [1.807, 2.05) is 6.92 Å². The number of nitrogens with one attached hydrogen (secondary N) is 1. The van der Waals surface area contributed by atoms with Gasteiger partial charge in [0.1, 0.15) is 0 Å². The van der Waals surface area contributed by atoms with Gasteiger partial charge in [-0.15, -0.1) is 0 Å². The summed E-state index contributed by atoms with van der Waals surface area (Å²) in [6, 6.07) is -0.0523. The van der Waals surface area contributed by atoms with E-state index in [4.69, 9.17) is 9.47 Å². The maximum Gasteiger partial charge on any atom is 0.414 e. The standard InChI is InChI=1S/C10H18F3NO2/c1-3-14-8-4-5-15-6-9(8)16-7(2)10(11,12)13/h7-9,14H,3-6H2,1-2H3. The van der Waals surface area contributed by atoms with E-state index in [1.165, 1.54) is 0 Å². The molecule has 0 amide bonds. The van der Waals surface area contributed by atoms with Gasteiger partial charge >= 0.3 is 6.18 Å². The molecule has 3 atom stereocenters. The largest absolute Gasteiger partial charge is 0.414 e. The second-order valence-corrected chi connectivity index (χ2v) is 3.89. The lowest BCUT2D eigenvalue weighted by Crippen LogP contribution is -2.50. The number of hydrogen-bond acceptors (Lipinski definition) is 3. The normalized spacial score (nSPS) is 29.1. The van der Waals surface area contributed by atoms with Gasteiger partial charge in [0.05, 0.1) is 12.7 Å². The number of hydrogen-bond donors (Lipinski definition) is 1. The molecule has 1 saturated heterocycles. The van der Waals surface area contributed by atoms with Gasteiger partial charge in [0.25, 0.3) is 0 Å². The van der Waals surface area contributed by atoms with Gasteiger partial charge in [0, 0.05) is 12.6 Å². The molecule has 0 aliphatic carbocycles. The van der Waals surface area contributed by atoms with Crippen molar-refractivity contribution in [2.24, 2.45) is 0 Å². The van der Waals surface area contributed by atoms with Crippen molar-refractivity contribution in [1.29, 1.82) is 0 Å². The summed E-state index contributed by atoms with van der Waals surface area (Å²) in [5, 5.41) is 3.12. The number of halogens is 3. The Morgan fingerprint density at radius 1 is 1.50 bits per heavy atom. The van der Waals surface area contributed by atoms with E-state index in [0.717, 1.165) is 6.92 Å². The quantitative estimate of drug-likeness (QED) is 0.813. The first-order valence-electron chi connectivity index (χ1n) is 5.48. The van der Waals surface area contributed by atoms with Crippen LogP contribution in [0.5, 0.6) is 0 Å². The van der Waals surface area contributed by atoms with Crippen molar-refractivity contribution >= 4 is 0 Å². The number of ether oxygens (including phenoxy) is 2. The van der Waals surface area contributed by atoms with E-state index < -0.39 is 18.4 Å². The van der Waals surface area contributed by atoms with Crippen LogP contribution in [0.3, 0.4) is 0 Å². The predicted molar refractivity (Wildman–Crippen MR) is 53.3 cm³/mol. The lowest BCUT2D eigenvalue weighted by atomic mass is 10.1. The molecule has 16 heavy (non-hydrogen) atoms. The third-order valence-corrected chi connectivity index (χ3v) is 2.61. The molecule has 96 valence electrons. The number of alkyl halides is 3. The summed E-state index contributed by atoms with van der Waals surface area (Å²) in [5.74, 6) is 0. The summed E-state index contributed by atoms with van der Waals surface area (Å²) < 4.78 is 47.1. The highest BCUT2D eigenvalue weighted by molar-refractivity contribution is 4.81. The Balaban J connectivity index is 2.49. The van der Waals surface area contributed by atoms with Crippen LogP contribution in [0.2, 0.25) is 0 Å².